The van der Waals surface area contributed by atoms with Gasteiger partial charge < -0.3 is 19.5 Å². The Kier molecular flexibility index (Phi) is 7.62. The van der Waals surface area contributed by atoms with Crippen LogP contribution < -0.4 is 19.5 Å². The van der Waals surface area contributed by atoms with Gasteiger partial charge >= 0.3 is 0 Å². The molecule has 0 radical (unpaired) electrons. The van der Waals surface area contributed by atoms with Gasteiger partial charge in [0.2, 0.25) is 0 Å². The van der Waals surface area contributed by atoms with Crippen LogP contribution in [0.5, 0.6) is 17.2 Å². The SMILES string of the molecule is CCSCC(C)NCc1c(OC)cc(OC)cc1OC. The topological polar surface area (TPSA) is 39.7 Å². The maximum atomic E-state index is 5.44. The van der Waals surface area contributed by atoms with E-state index in [4.69, 9.17) is 14.2 Å². The van der Waals surface area contributed by atoms with Crippen LogP contribution in [0.4, 0.5) is 0 Å². The number of thioether (sulfide) groups is 1. The van der Waals surface area contributed by atoms with Gasteiger partial charge in [-0.05, 0) is 12.7 Å². The summed E-state index contributed by atoms with van der Waals surface area (Å²) in [6, 6.07) is 4.20. The Labute approximate surface area is 126 Å². The van der Waals surface area contributed by atoms with Gasteiger partial charge in [-0.2, -0.15) is 11.8 Å². The van der Waals surface area contributed by atoms with Crippen molar-refractivity contribution in [3.05, 3.63) is 17.7 Å². The number of benzene rings is 1. The van der Waals surface area contributed by atoms with Gasteiger partial charge in [-0.3, -0.25) is 0 Å². The maximum absolute atomic E-state index is 5.44. The zero-order chi connectivity index (χ0) is 15.0. The smallest absolute Gasteiger partial charge is 0.130 e. The third-order valence-electron chi connectivity index (χ3n) is 3.02. The van der Waals surface area contributed by atoms with E-state index < -0.39 is 0 Å². The Morgan fingerprint density at radius 1 is 1.10 bits per heavy atom. The van der Waals surface area contributed by atoms with E-state index in [9.17, 15) is 0 Å². The zero-order valence-electron chi connectivity index (χ0n) is 13.0. The molecule has 0 heterocycles. The number of methoxy groups -OCH3 is 3. The van der Waals surface area contributed by atoms with Crippen molar-refractivity contribution in [2.45, 2.75) is 26.4 Å². The average Bonchev–Trinajstić information content (AvgIpc) is 2.49. The van der Waals surface area contributed by atoms with Gasteiger partial charge in [-0.15, -0.1) is 0 Å². The second-order valence-corrected chi connectivity index (χ2v) is 5.77. The van der Waals surface area contributed by atoms with Crippen LogP contribution in [0.2, 0.25) is 0 Å². The van der Waals surface area contributed by atoms with Gasteiger partial charge in [0, 0.05) is 30.5 Å². The Balaban J connectivity index is 2.81. The second-order valence-electron chi connectivity index (χ2n) is 4.45. The summed E-state index contributed by atoms with van der Waals surface area (Å²) >= 11 is 1.93. The predicted octanol–water partition coefficient (Wildman–Crippen LogP) is 2.94. The van der Waals surface area contributed by atoms with Crippen LogP contribution in [0.25, 0.3) is 0 Å². The number of rotatable bonds is 9. The lowest BCUT2D eigenvalue weighted by atomic mass is 10.1. The predicted molar refractivity (Wildman–Crippen MR) is 85.4 cm³/mol. The van der Waals surface area contributed by atoms with Gasteiger partial charge in [0.1, 0.15) is 17.2 Å². The van der Waals surface area contributed by atoms with E-state index in [0.29, 0.717) is 12.6 Å². The molecule has 4 nitrogen and oxygen atoms in total. The molecule has 114 valence electrons. The van der Waals surface area contributed by atoms with Crippen molar-refractivity contribution in [1.82, 2.24) is 5.32 Å². The quantitative estimate of drug-likeness (QED) is 0.759. The minimum atomic E-state index is 0.441. The normalized spacial score (nSPS) is 12.1. The van der Waals surface area contributed by atoms with Crippen molar-refractivity contribution >= 4 is 11.8 Å². The number of ether oxygens (including phenoxy) is 3. The summed E-state index contributed by atoms with van der Waals surface area (Å²) in [7, 11) is 4.96. The molecule has 0 aliphatic heterocycles. The van der Waals surface area contributed by atoms with Crippen LogP contribution in [0.3, 0.4) is 0 Å². The summed E-state index contributed by atoms with van der Waals surface area (Å²) in [5.41, 5.74) is 1.02. The second kappa shape index (κ2) is 8.97. The summed E-state index contributed by atoms with van der Waals surface area (Å²) in [4.78, 5) is 0. The monoisotopic (exact) mass is 299 g/mol. The Morgan fingerprint density at radius 3 is 2.15 bits per heavy atom. The molecule has 0 aliphatic rings. The molecule has 0 bridgehead atoms. The molecule has 0 saturated carbocycles. The molecule has 20 heavy (non-hydrogen) atoms. The lowest BCUT2D eigenvalue weighted by molar-refractivity contribution is 0.365. The first kappa shape index (κ1) is 17.0. The largest absolute Gasteiger partial charge is 0.496 e. The van der Waals surface area contributed by atoms with Crippen molar-refractivity contribution in [1.29, 1.82) is 0 Å². The van der Waals surface area contributed by atoms with Crippen LogP contribution in [-0.4, -0.2) is 38.9 Å². The molecule has 0 fully saturated rings. The summed E-state index contributed by atoms with van der Waals surface area (Å²) in [5.74, 6) is 4.53. The summed E-state index contributed by atoms with van der Waals surface area (Å²) in [6.07, 6.45) is 0. The molecule has 0 aromatic heterocycles. The van der Waals surface area contributed by atoms with Gasteiger partial charge in [0.05, 0.1) is 26.9 Å². The molecular formula is C15H25NO3S. The first-order valence-electron chi connectivity index (χ1n) is 6.76. The van der Waals surface area contributed by atoms with Gasteiger partial charge in [0.15, 0.2) is 0 Å². The fourth-order valence-corrected chi connectivity index (χ4v) is 2.59. The van der Waals surface area contributed by atoms with Crippen LogP contribution >= 0.6 is 11.8 Å². The van der Waals surface area contributed by atoms with Crippen molar-refractivity contribution in [3.63, 3.8) is 0 Å². The highest BCUT2D eigenvalue weighted by molar-refractivity contribution is 7.99. The zero-order valence-corrected chi connectivity index (χ0v) is 13.8. The van der Waals surface area contributed by atoms with Gasteiger partial charge in [0.25, 0.3) is 0 Å². The third kappa shape index (κ3) is 4.80. The third-order valence-corrected chi connectivity index (χ3v) is 4.16. The fourth-order valence-electron chi connectivity index (χ4n) is 1.88. The van der Waals surface area contributed by atoms with E-state index in [0.717, 1.165) is 34.3 Å². The Bertz CT molecular complexity index is 387. The van der Waals surface area contributed by atoms with Crippen LogP contribution in [-0.2, 0) is 6.54 Å². The molecule has 1 aromatic carbocycles. The van der Waals surface area contributed by atoms with E-state index in [-0.39, 0.29) is 0 Å². The van der Waals surface area contributed by atoms with E-state index in [1.165, 1.54) is 0 Å². The van der Waals surface area contributed by atoms with E-state index in [1.54, 1.807) is 21.3 Å². The molecule has 1 atom stereocenters. The van der Waals surface area contributed by atoms with Crippen LogP contribution in [0, 0.1) is 0 Å². The first-order valence-corrected chi connectivity index (χ1v) is 7.91. The molecule has 1 N–H and O–H groups in total. The molecule has 0 amide bonds. The molecule has 5 heteroatoms. The molecule has 1 unspecified atom stereocenters. The van der Waals surface area contributed by atoms with Gasteiger partial charge in [-0.25, -0.2) is 0 Å². The highest BCUT2D eigenvalue weighted by Gasteiger charge is 2.14. The molecule has 1 rings (SSSR count). The Morgan fingerprint density at radius 2 is 1.70 bits per heavy atom. The maximum Gasteiger partial charge on any atom is 0.130 e. The van der Waals surface area contributed by atoms with Crippen molar-refractivity contribution < 1.29 is 14.2 Å². The lowest BCUT2D eigenvalue weighted by Crippen LogP contribution is -2.28. The highest BCUT2D eigenvalue weighted by Crippen LogP contribution is 2.33. The van der Waals surface area contributed by atoms with Crippen molar-refractivity contribution in [2.24, 2.45) is 0 Å². The minimum absolute atomic E-state index is 0.441. The molecule has 1 aromatic rings. The number of nitrogens with one attached hydrogen (secondary N) is 1. The standard InChI is InChI=1S/C15H25NO3S/c1-6-20-10-11(2)16-9-13-14(18-4)7-12(17-3)8-15(13)19-5/h7-8,11,16H,6,9-10H2,1-5H3. The van der Waals surface area contributed by atoms with E-state index in [1.807, 2.05) is 23.9 Å². The minimum Gasteiger partial charge on any atom is -0.496 e. The van der Waals surface area contributed by atoms with Crippen molar-refractivity contribution in [2.75, 3.05) is 32.8 Å². The molecule has 0 saturated heterocycles. The number of hydrogen-bond acceptors (Lipinski definition) is 5. The summed E-state index contributed by atoms with van der Waals surface area (Å²) in [6.45, 7) is 5.07. The first-order chi connectivity index (χ1) is 9.65. The highest BCUT2D eigenvalue weighted by atomic mass is 32.2. The number of hydrogen-bond donors (Lipinski definition) is 1. The van der Waals surface area contributed by atoms with Crippen molar-refractivity contribution in [3.8, 4) is 17.2 Å². The molecule has 0 aliphatic carbocycles. The molecule has 0 spiro atoms. The summed E-state index contributed by atoms with van der Waals surface area (Å²) < 4.78 is 16.1. The average molecular weight is 299 g/mol. The van der Waals surface area contributed by atoms with Crippen LogP contribution in [0.1, 0.15) is 19.4 Å². The fraction of sp³-hybridized carbons (Fsp3) is 0.600. The summed E-state index contributed by atoms with van der Waals surface area (Å²) in [5, 5.41) is 3.50. The Hall–Kier alpha value is -1.07. The lowest BCUT2D eigenvalue weighted by Gasteiger charge is -2.18. The molecular weight excluding hydrogens is 274 g/mol. The van der Waals surface area contributed by atoms with Gasteiger partial charge in [-0.1, -0.05) is 6.92 Å². The van der Waals surface area contributed by atoms with E-state index in [2.05, 4.69) is 19.2 Å². The van der Waals surface area contributed by atoms with E-state index >= 15 is 0 Å². The van der Waals surface area contributed by atoms with Crippen LogP contribution in [0.15, 0.2) is 12.1 Å².